The maximum atomic E-state index is 5.41. The van der Waals surface area contributed by atoms with E-state index in [0.717, 1.165) is 0 Å². The molecule has 0 radical (unpaired) electrons. The molecule has 0 atom stereocenters. The third kappa shape index (κ3) is 1.97. The van der Waals surface area contributed by atoms with Gasteiger partial charge in [0.05, 0.1) is 0 Å². The molecule has 0 amide bonds. The molecule has 0 aromatic carbocycles. The van der Waals surface area contributed by atoms with Crippen LogP contribution in [0.2, 0.25) is 0 Å². The summed E-state index contributed by atoms with van der Waals surface area (Å²) in [5.41, 5.74) is 1.21. The van der Waals surface area contributed by atoms with Gasteiger partial charge in [0, 0.05) is 22.8 Å². The van der Waals surface area contributed by atoms with Crippen molar-refractivity contribution in [1.29, 1.82) is 0 Å². The monoisotopic (exact) mass is 166 g/mol. The molecule has 2 heteroatoms. The standard InChI is InChI=1S/C10H16NO/c1-4-12-11-8-6-5-7-10(11)9(2)3/h5-9H,4H2,1-3H3/q+1. The average molecular weight is 166 g/mol. The lowest BCUT2D eigenvalue weighted by atomic mass is 10.1. The molecule has 0 aliphatic heterocycles. The van der Waals surface area contributed by atoms with Crippen LogP contribution in [-0.4, -0.2) is 6.61 Å². The van der Waals surface area contributed by atoms with Crippen molar-refractivity contribution >= 4 is 0 Å². The Morgan fingerprint density at radius 2 is 2.17 bits per heavy atom. The van der Waals surface area contributed by atoms with Crippen LogP contribution < -0.4 is 9.57 Å². The molecule has 0 saturated carbocycles. The number of hydrogen-bond donors (Lipinski definition) is 0. The fraction of sp³-hybridized carbons (Fsp3) is 0.500. The summed E-state index contributed by atoms with van der Waals surface area (Å²) < 4.78 is 1.84. The van der Waals surface area contributed by atoms with E-state index in [1.165, 1.54) is 5.69 Å². The molecule has 1 rings (SSSR count). The predicted octanol–water partition coefficient (Wildman–Crippen LogP) is 1.55. The van der Waals surface area contributed by atoms with E-state index < -0.39 is 0 Å². The highest BCUT2D eigenvalue weighted by Gasteiger charge is 2.13. The third-order valence-electron chi connectivity index (χ3n) is 1.71. The van der Waals surface area contributed by atoms with Crippen LogP contribution in [-0.2, 0) is 0 Å². The van der Waals surface area contributed by atoms with Gasteiger partial charge < -0.3 is 0 Å². The zero-order valence-corrected chi connectivity index (χ0v) is 7.95. The molecule has 12 heavy (non-hydrogen) atoms. The van der Waals surface area contributed by atoms with Crippen molar-refractivity contribution in [2.75, 3.05) is 6.61 Å². The molecule has 0 saturated heterocycles. The second-order valence-corrected chi connectivity index (χ2v) is 3.02. The molecule has 0 bridgehead atoms. The van der Waals surface area contributed by atoms with Crippen LogP contribution in [0.1, 0.15) is 32.4 Å². The molecule has 0 N–H and O–H groups in total. The van der Waals surface area contributed by atoms with Crippen molar-refractivity contribution in [3.63, 3.8) is 0 Å². The molecule has 0 unspecified atom stereocenters. The molecular weight excluding hydrogens is 150 g/mol. The van der Waals surface area contributed by atoms with E-state index in [4.69, 9.17) is 4.84 Å². The topological polar surface area (TPSA) is 13.1 Å². The van der Waals surface area contributed by atoms with E-state index in [-0.39, 0.29) is 0 Å². The maximum Gasteiger partial charge on any atom is 0.236 e. The second-order valence-electron chi connectivity index (χ2n) is 3.02. The summed E-state index contributed by atoms with van der Waals surface area (Å²) in [6, 6.07) is 6.09. The van der Waals surface area contributed by atoms with E-state index in [1.807, 2.05) is 30.0 Å². The quantitative estimate of drug-likeness (QED) is 0.621. The first-order valence-corrected chi connectivity index (χ1v) is 4.39. The summed E-state index contributed by atoms with van der Waals surface area (Å²) in [5, 5.41) is 0. The minimum absolute atomic E-state index is 0.498. The largest absolute Gasteiger partial charge is 0.271 e. The molecule has 66 valence electrons. The van der Waals surface area contributed by atoms with Gasteiger partial charge in [-0.15, -0.1) is 0 Å². The Hall–Kier alpha value is -1.05. The molecule has 0 aliphatic rings. The normalized spacial score (nSPS) is 10.3. The molecule has 1 aromatic rings. The van der Waals surface area contributed by atoms with E-state index in [2.05, 4.69) is 19.9 Å². The van der Waals surface area contributed by atoms with Crippen LogP contribution in [0.5, 0.6) is 0 Å². The van der Waals surface area contributed by atoms with E-state index >= 15 is 0 Å². The van der Waals surface area contributed by atoms with E-state index in [1.54, 1.807) is 0 Å². The summed E-state index contributed by atoms with van der Waals surface area (Å²) in [7, 11) is 0. The zero-order valence-electron chi connectivity index (χ0n) is 7.95. The second kappa shape index (κ2) is 4.10. The molecule has 0 fully saturated rings. The Morgan fingerprint density at radius 3 is 2.75 bits per heavy atom. The fourth-order valence-corrected chi connectivity index (χ4v) is 1.15. The lowest BCUT2D eigenvalue weighted by molar-refractivity contribution is -0.896. The lowest BCUT2D eigenvalue weighted by Crippen LogP contribution is -2.46. The molecule has 1 heterocycles. The van der Waals surface area contributed by atoms with Crippen molar-refractivity contribution in [2.24, 2.45) is 0 Å². The Kier molecular flexibility index (Phi) is 3.09. The van der Waals surface area contributed by atoms with Crippen LogP contribution >= 0.6 is 0 Å². The molecular formula is C10H16NO+. The van der Waals surface area contributed by atoms with Crippen LogP contribution in [0.4, 0.5) is 0 Å². The van der Waals surface area contributed by atoms with Gasteiger partial charge in [0.15, 0.2) is 6.61 Å². The first-order chi connectivity index (χ1) is 5.75. The van der Waals surface area contributed by atoms with Gasteiger partial charge in [-0.25, -0.2) is 0 Å². The number of hydrogen-bond acceptors (Lipinski definition) is 1. The summed E-state index contributed by atoms with van der Waals surface area (Å²) in [4.78, 5) is 5.41. The number of nitrogens with zero attached hydrogens (tertiary/aromatic N) is 1. The van der Waals surface area contributed by atoms with Crippen LogP contribution in [0.25, 0.3) is 0 Å². The Bertz CT molecular complexity index is 245. The van der Waals surface area contributed by atoms with E-state index in [0.29, 0.717) is 12.5 Å². The Labute approximate surface area is 73.8 Å². The number of aromatic nitrogens is 1. The van der Waals surface area contributed by atoms with Crippen molar-refractivity contribution in [3.8, 4) is 0 Å². The Balaban J connectivity index is 2.92. The SMILES string of the molecule is CCO[n+]1ccccc1C(C)C. The zero-order chi connectivity index (χ0) is 8.97. The van der Waals surface area contributed by atoms with Crippen LogP contribution in [0.15, 0.2) is 24.4 Å². The highest BCUT2D eigenvalue weighted by molar-refractivity contribution is 5.00. The first kappa shape index (κ1) is 9.04. The minimum atomic E-state index is 0.498. The van der Waals surface area contributed by atoms with Crippen molar-refractivity contribution < 1.29 is 9.57 Å². The minimum Gasteiger partial charge on any atom is -0.271 e. The summed E-state index contributed by atoms with van der Waals surface area (Å²) in [6.07, 6.45) is 1.94. The van der Waals surface area contributed by atoms with Gasteiger partial charge in [-0.05, 0) is 13.0 Å². The maximum absolute atomic E-state index is 5.41. The van der Waals surface area contributed by atoms with Crippen molar-refractivity contribution in [1.82, 2.24) is 0 Å². The third-order valence-corrected chi connectivity index (χ3v) is 1.71. The van der Waals surface area contributed by atoms with Gasteiger partial charge in [-0.3, -0.25) is 4.84 Å². The van der Waals surface area contributed by atoms with E-state index in [9.17, 15) is 0 Å². The van der Waals surface area contributed by atoms with Gasteiger partial charge in [0.1, 0.15) is 0 Å². The van der Waals surface area contributed by atoms with Gasteiger partial charge in [-0.1, -0.05) is 13.8 Å². The summed E-state index contributed by atoms with van der Waals surface area (Å²) >= 11 is 0. The number of pyridine rings is 1. The summed E-state index contributed by atoms with van der Waals surface area (Å²) in [5.74, 6) is 0.498. The predicted molar refractivity (Wildman–Crippen MR) is 47.8 cm³/mol. The van der Waals surface area contributed by atoms with Gasteiger partial charge >= 0.3 is 0 Å². The molecule has 0 aliphatic carbocycles. The lowest BCUT2D eigenvalue weighted by Gasteiger charge is -2.02. The number of rotatable bonds is 3. The van der Waals surface area contributed by atoms with Crippen LogP contribution in [0.3, 0.4) is 0 Å². The highest BCUT2D eigenvalue weighted by atomic mass is 16.7. The van der Waals surface area contributed by atoms with Crippen molar-refractivity contribution in [2.45, 2.75) is 26.7 Å². The highest BCUT2D eigenvalue weighted by Crippen LogP contribution is 2.07. The molecule has 0 spiro atoms. The van der Waals surface area contributed by atoms with Gasteiger partial charge in [-0.2, -0.15) is 0 Å². The smallest absolute Gasteiger partial charge is 0.236 e. The van der Waals surface area contributed by atoms with Gasteiger partial charge in [0.25, 0.3) is 0 Å². The Morgan fingerprint density at radius 1 is 1.42 bits per heavy atom. The van der Waals surface area contributed by atoms with Gasteiger partial charge in [0.2, 0.25) is 11.9 Å². The van der Waals surface area contributed by atoms with Crippen molar-refractivity contribution in [3.05, 3.63) is 30.1 Å². The summed E-state index contributed by atoms with van der Waals surface area (Å²) in [6.45, 7) is 7.01. The fourth-order valence-electron chi connectivity index (χ4n) is 1.15. The molecule has 1 aromatic heterocycles. The van der Waals surface area contributed by atoms with Crippen LogP contribution in [0, 0.1) is 0 Å². The average Bonchev–Trinajstić information content (AvgIpc) is 2.05. The first-order valence-electron chi connectivity index (χ1n) is 4.39. The molecule has 2 nitrogen and oxygen atoms in total.